The van der Waals surface area contributed by atoms with Crippen molar-refractivity contribution in [2.45, 2.75) is 12.7 Å². The molecule has 1 aliphatic heterocycles. The molecule has 1 unspecified atom stereocenters. The van der Waals surface area contributed by atoms with Gasteiger partial charge in [0.1, 0.15) is 11.5 Å². The monoisotopic (exact) mass is 298 g/mol. The SMILES string of the molecule is COC(=O)c1cccc(OC2CC(=O)c3ccccc3O2)c1. The summed E-state index contributed by atoms with van der Waals surface area (Å²) in [5.74, 6) is 0.473. The van der Waals surface area contributed by atoms with Crippen LogP contribution in [0.2, 0.25) is 0 Å². The van der Waals surface area contributed by atoms with Crippen molar-refractivity contribution in [3.63, 3.8) is 0 Å². The minimum absolute atomic E-state index is 0.0315. The van der Waals surface area contributed by atoms with Crippen molar-refractivity contribution in [1.29, 1.82) is 0 Å². The second-order valence-corrected chi connectivity index (χ2v) is 4.81. The first-order valence-electron chi connectivity index (χ1n) is 6.81. The van der Waals surface area contributed by atoms with Crippen LogP contribution in [0.3, 0.4) is 0 Å². The first kappa shape index (κ1) is 14.1. The lowest BCUT2D eigenvalue weighted by Gasteiger charge is -2.25. The highest BCUT2D eigenvalue weighted by Gasteiger charge is 2.27. The van der Waals surface area contributed by atoms with Gasteiger partial charge < -0.3 is 14.2 Å². The number of ketones is 1. The van der Waals surface area contributed by atoms with Crippen LogP contribution >= 0.6 is 0 Å². The van der Waals surface area contributed by atoms with Crippen molar-refractivity contribution < 1.29 is 23.8 Å². The summed E-state index contributed by atoms with van der Waals surface area (Å²) in [6.45, 7) is 0. The zero-order chi connectivity index (χ0) is 15.5. The number of methoxy groups -OCH3 is 1. The first-order chi connectivity index (χ1) is 10.7. The van der Waals surface area contributed by atoms with Crippen LogP contribution in [0.1, 0.15) is 27.1 Å². The number of carbonyl (C=O) groups excluding carboxylic acids is 2. The summed E-state index contributed by atoms with van der Waals surface area (Å²) in [5, 5.41) is 0. The lowest BCUT2D eigenvalue weighted by molar-refractivity contribution is -0.00478. The quantitative estimate of drug-likeness (QED) is 0.815. The van der Waals surface area contributed by atoms with Gasteiger partial charge in [-0.25, -0.2) is 4.79 Å². The Morgan fingerprint density at radius 2 is 2.00 bits per heavy atom. The second kappa shape index (κ2) is 5.89. The fraction of sp³-hybridized carbons (Fsp3) is 0.176. The maximum Gasteiger partial charge on any atom is 0.337 e. The highest BCUT2D eigenvalue weighted by atomic mass is 16.7. The predicted molar refractivity (Wildman–Crippen MR) is 78.2 cm³/mol. The molecule has 2 aromatic carbocycles. The van der Waals surface area contributed by atoms with Gasteiger partial charge in [0.05, 0.1) is 24.7 Å². The molecule has 1 aliphatic rings. The Morgan fingerprint density at radius 1 is 1.18 bits per heavy atom. The van der Waals surface area contributed by atoms with Crippen LogP contribution in [0, 0.1) is 0 Å². The molecule has 0 N–H and O–H groups in total. The molecule has 0 bridgehead atoms. The molecule has 0 amide bonds. The van der Waals surface area contributed by atoms with E-state index in [4.69, 9.17) is 9.47 Å². The van der Waals surface area contributed by atoms with Gasteiger partial charge in [0.25, 0.3) is 0 Å². The van der Waals surface area contributed by atoms with Crippen LogP contribution < -0.4 is 9.47 Å². The van der Waals surface area contributed by atoms with Crippen molar-refractivity contribution in [3.05, 3.63) is 59.7 Å². The fourth-order valence-electron chi connectivity index (χ4n) is 2.28. The molecule has 1 atom stereocenters. The number of fused-ring (bicyclic) bond motifs is 1. The van der Waals surface area contributed by atoms with Gasteiger partial charge in [0, 0.05) is 0 Å². The van der Waals surface area contributed by atoms with E-state index in [1.807, 2.05) is 0 Å². The minimum atomic E-state index is -0.713. The van der Waals surface area contributed by atoms with Crippen LogP contribution in [-0.4, -0.2) is 25.2 Å². The number of benzene rings is 2. The number of para-hydroxylation sites is 1. The van der Waals surface area contributed by atoms with Gasteiger partial charge in [-0.2, -0.15) is 0 Å². The summed E-state index contributed by atoms with van der Waals surface area (Å²) in [7, 11) is 1.32. The zero-order valence-corrected chi connectivity index (χ0v) is 11.9. The first-order valence-corrected chi connectivity index (χ1v) is 6.81. The van der Waals surface area contributed by atoms with Crippen LogP contribution in [0.5, 0.6) is 11.5 Å². The molecule has 0 radical (unpaired) electrons. The summed E-state index contributed by atoms with van der Waals surface area (Å²) in [4.78, 5) is 23.6. The highest BCUT2D eigenvalue weighted by molar-refractivity contribution is 5.99. The number of rotatable bonds is 3. The van der Waals surface area contributed by atoms with Crippen LogP contribution in [0.15, 0.2) is 48.5 Å². The Balaban J connectivity index is 1.78. The average molecular weight is 298 g/mol. The lowest BCUT2D eigenvalue weighted by atomic mass is 10.0. The number of Topliss-reactive ketones (excluding diaryl/α,β-unsaturated/α-hetero) is 1. The molecule has 0 spiro atoms. The third-order valence-electron chi connectivity index (χ3n) is 3.32. The van der Waals surface area contributed by atoms with Gasteiger partial charge in [-0.15, -0.1) is 0 Å². The van der Waals surface area contributed by atoms with Crippen molar-refractivity contribution in [3.8, 4) is 11.5 Å². The molecule has 3 rings (SSSR count). The Labute approximate surface area is 127 Å². The van der Waals surface area contributed by atoms with Gasteiger partial charge in [0.2, 0.25) is 6.29 Å². The standard InChI is InChI=1S/C17H14O5/c1-20-17(19)11-5-4-6-12(9-11)21-16-10-14(18)13-7-2-3-8-15(13)22-16/h2-9,16H,10H2,1H3. The maximum absolute atomic E-state index is 12.1. The summed E-state index contributed by atoms with van der Waals surface area (Å²) in [6.07, 6.45) is -0.588. The number of carbonyl (C=O) groups is 2. The fourth-order valence-corrected chi connectivity index (χ4v) is 2.28. The summed E-state index contributed by atoms with van der Waals surface area (Å²) >= 11 is 0. The largest absolute Gasteiger partial charge is 0.465 e. The van der Waals surface area contributed by atoms with E-state index in [1.54, 1.807) is 48.5 Å². The molecule has 112 valence electrons. The maximum atomic E-state index is 12.1. The summed E-state index contributed by atoms with van der Waals surface area (Å²) in [6, 6.07) is 13.6. The third-order valence-corrected chi connectivity index (χ3v) is 3.32. The Morgan fingerprint density at radius 3 is 2.82 bits per heavy atom. The minimum Gasteiger partial charge on any atom is -0.465 e. The van der Waals surface area contributed by atoms with Gasteiger partial charge in [-0.3, -0.25) is 4.79 Å². The van der Waals surface area contributed by atoms with Crippen LogP contribution in [0.4, 0.5) is 0 Å². The molecule has 5 nitrogen and oxygen atoms in total. The van der Waals surface area contributed by atoms with Crippen molar-refractivity contribution in [2.75, 3.05) is 7.11 Å². The van der Waals surface area contributed by atoms with Gasteiger partial charge in [0.15, 0.2) is 5.78 Å². The summed E-state index contributed by atoms with van der Waals surface area (Å²) < 4.78 is 16.0. The van der Waals surface area contributed by atoms with E-state index in [-0.39, 0.29) is 12.2 Å². The normalized spacial score (nSPS) is 16.4. The van der Waals surface area contributed by atoms with Crippen molar-refractivity contribution in [2.24, 2.45) is 0 Å². The highest BCUT2D eigenvalue weighted by Crippen LogP contribution is 2.28. The molecule has 5 heteroatoms. The van der Waals surface area contributed by atoms with Crippen molar-refractivity contribution >= 4 is 11.8 Å². The molecular weight excluding hydrogens is 284 g/mol. The topological polar surface area (TPSA) is 61.8 Å². The molecule has 0 saturated carbocycles. The lowest BCUT2D eigenvalue weighted by Crippen LogP contribution is -2.31. The zero-order valence-electron chi connectivity index (χ0n) is 11.9. The molecule has 1 heterocycles. The van der Waals surface area contributed by atoms with E-state index in [2.05, 4.69) is 4.74 Å². The van der Waals surface area contributed by atoms with E-state index in [9.17, 15) is 9.59 Å². The summed E-state index contributed by atoms with van der Waals surface area (Å²) in [5.41, 5.74) is 0.938. The van der Waals surface area contributed by atoms with Crippen molar-refractivity contribution in [1.82, 2.24) is 0 Å². The molecular formula is C17H14O5. The molecule has 22 heavy (non-hydrogen) atoms. The second-order valence-electron chi connectivity index (χ2n) is 4.81. The van der Waals surface area contributed by atoms with E-state index < -0.39 is 12.3 Å². The third kappa shape index (κ3) is 2.79. The molecule has 2 aromatic rings. The van der Waals surface area contributed by atoms with E-state index in [0.717, 1.165) is 0 Å². The van der Waals surface area contributed by atoms with E-state index in [0.29, 0.717) is 22.6 Å². The molecule has 0 fully saturated rings. The van der Waals surface area contributed by atoms with Crippen LogP contribution in [-0.2, 0) is 4.74 Å². The van der Waals surface area contributed by atoms with Gasteiger partial charge in [-0.1, -0.05) is 18.2 Å². The van der Waals surface area contributed by atoms with Crippen LogP contribution in [0.25, 0.3) is 0 Å². The average Bonchev–Trinajstić information content (AvgIpc) is 2.54. The van der Waals surface area contributed by atoms with Gasteiger partial charge >= 0.3 is 5.97 Å². The molecule has 0 aromatic heterocycles. The Hall–Kier alpha value is -2.82. The Kier molecular flexibility index (Phi) is 3.78. The number of esters is 1. The van der Waals surface area contributed by atoms with E-state index >= 15 is 0 Å². The van der Waals surface area contributed by atoms with E-state index in [1.165, 1.54) is 7.11 Å². The number of hydrogen-bond donors (Lipinski definition) is 0. The predicted octanol–water partition coefficient (Wildman–Crippen LogP) is 2.84. The van der Waals surface area contributed by atoms with Gasteiger partial charge in [-0.05, 0) is 30.3 Å². The number of hydrogen-bond acceptors (Lipinski definition) is 5. The smallest absolute Gasteiger partial charge is 0.337 e. The molecule has 0 aliphatic carbocycles. The molecule has 0 saturated heterocycles. The Bertz CT molecular complexity index is 722. The number of ether oxygens (including phenoxy) is 3.